The number of amides is 1. The van der Waals surface area contributed by atoms with Crippen LogP contribution in [0.4, 0.5) is 0 Å². The highest BCUT2D eigenvalue weighted by molar-refractivity contribution is 6.07. The molecule has 1 unspecified atom stereocenters. The van der Waals surface area contributed by atoms with Crippen molar-refractivity contribution >= 4 is 41.5 Å². The summed E-state index contributed by atoms with van der Waals surface area (Å²) in [7, 11) is 1.96. The molecule has 26 heavy (non-hydrogen) atoms. The maximum atomic E-state index is 13.3. The number of hydrogen-bond donors (Lipinski definition) is 1. The molecule has 4 rings (SSSR count). The smallest absolute Gasteiger partial charge is 0.255 e. The molecule has 3 aromatic rings. The lowest BCUT2D eigenvalue weighted by Gasteiger charge is -2.36. The topological polar surface area (TPSA) is 63.1 Å². The molecule has 0 radical (unpaired) electrons. The second kappa shape index (κ2) is 8.49. The summed E-state index contributed by atoms with van der Waals surface area (Å²) in [6.45, 7) is 2.17. The van der Waals surface area contributed by atoms with Gasteiger partial charge in [-0.1, -0.05) is 12.1 Å². The molecule has 1 aromatic carbocycles. The third kappa shape index (κ3) is 3.53. The lowest BCUT2D eigenvalue weighted by molar-refractivity contribution is 0.0623. The lowest BCUT2D eigenvalue weighted by Crippen LogP contribution is -2.49. The number of nitrogens with zero attached hydrogens (tertiary/aromatic N) is 4. The quantitative estimate of drug-likeness (QED) is 0.726. The highest BCUT2D eigenvalue weighted by Gasteiger charge is 2.31. The van der Waals surface area contributed by atoms with Crippen molar-refractivity contribution in [1.29, 1.82) is 0 Å². The van der Waals surface area contributed by atoms with E-state index in [1.165, 1.54) is 0 Å². The second-order valence-electron chi connectivity index (χ2n) is 6.02. The highest BCUT2D eigenvalue weighted by Crippen LogP contribution is 2.25. The number of carbonyl (C=O) groups is 1. The van der Waals surface area contributed by atoms with Gasteiger partial charge in [0.2, 0.25) is 0 Å². The Morgan fingerprint density at radius 2 is 2.08 bits per heavy atom. The van der Waals surface area contributed by atoms with Crippen LogP contribution in [0.2, 0.25) is 0 Å². The minimum Gasteiger partial charge on any atom is -0.336 e. The van der Waals surface area contributed by atoms with Gasteiger partial charge in [0.15, 0.2) is 0 Å². The van der Waals surface area contributed by atoms with E-state index in [2.05, 4.69) is 15.3 Å². The van der Waals surface area contributed by atoms with Crippen molar-refractivity contribution in [2.24, 2.45) is 7.05 Å². The first-order chi connectivity index (χ1) is 11.8. The van der Waals surface area contributed by atoms with Crippen LogP contribution in [0, 0.1) is 0 Å². The molecule has 1 aliphatic rings. The maximum absolute atomic E-state index is 13.3. The molecule has 1 atom stereocenters. The van der Waals surface area contributed by atoms with E-state index in [-0.39, 0.29) is 36.8 Å². The molecule has 138 valence electrons. The Hall–Kier alpha value is -2.15. The van der Waals surface area contributed by atoms with Gasteiger partial charge in [-0.05, 0) is 17.5 Å². The molecular weight excluding hydrogens is 373 g/mol. The summed E-state index contributed by atoms with van der Waals surface area (Å²) in [6.07, 6.45) is 7.21. The molecule has 8 heteroatoms. The minimum absolute atomic E-state index is 0. The van der Waals surface area contributed by atoms with Crippen molar-refractivity contribution in [3.63, 3.8) is 0 Å². The summed E-state index contributed by atoms with van der Waals surface area (Å²) in [5, 5.41) is 5.28. The van der Waals surface area contributed by atoms with Crippen LogP contribution >= 0.6 is 24.8 Å². The molecule has 3 heterocycles. The van der Waals surface area contributed by atoms with Gasteiger partial charge in [-0.25, -0.2) is 4.98 Å². The van der Waals surface area contributed by atoms with E-state index in [9.17, 15) is 4.79 Å². The molecule has 6 nitrogen and oxygen atoms in total. The molecule has 0 saturated carbocycles. The summed E-state index contributed by atoms with van der Waals surface area (Å²) in [5.41, 5.74) is 0.719. The van der Waals surface area contributed by atoms with Gasteiger partial charge >= 0.3 is 0 Å². The number of aryl methyl sites for hydroxylation is 1. The van der Waals surface area contributed by atoms with Gasteiger partial charge in [-0.2, -0.15) is 0 Å². The van der Waals surface area contributed by atoms with E-state index in [1.54, 1.807) is 18.6 Å². The zero-order valence-electron chi connectivity index (χ0n) is 14.3. The molecule has 0 aliphatic carbocycles. The number of piperazine rings is 1. The number of benzene rings is 1. The van der Waals surface area contributed by atoms with Crippen LogP contribution in [0.15, 0.2) is 49.1 Å². The molecule has 1 amide bonds. The maximum Gasteiger partial charge on any atom is 0.255 e. The fourth-order valence-electron chi connectivity index (χ4n) is 3.34. The van der Waals surface area contributed by atoms with Gasteiger partial charge in [0.05, 0.1) is 0 Å². The summed E-state index contributed by atoms with van der Waals surface area (Å²) in [5.74, 6) is 0.943. The Morgan fingerprint density at radius 3 is 2.85 bits per heavy atom. The van der Waals surface area contributed by atoms with Crippen molar-refractivity contribution in [2.45, 2.75) is 6.04 Å². The fraction of sp³-hybridized carbons (Fsp3) is 0.278. The highest BCUT2D eigenvalue weighted by atomic mass is 35.5. The van der Waals surface area contributed by atoms with Crippen molar-refractivity contribution in [3.8, 4) is 0 Å². The van der Waals surface area contributed by atoms with Crippen molar-refractivity contribution in [2.75, 3.05) is 19.6 Å². The summed E-state index contributed by atoms with van der Waals surface area (Å²) in [6, 6.07) is 7.62. The molecule has 1 aliphatic heterocycles. The first kappa shape index (κ1) is 20.2. The number of pyridine rings is 1. The number of nitrogens with one attached hydrogen (secondary N) is 1. The Bertz CT molecular complexity index is 893. The van der Waals surface area contributed by atoms with Crippen LogP contribution in [-0.2, 0) is 7.05 Å². The van der Waals surface area contributed by atoms with E-state index in [1.807, 2.05) is 47.0 Å². The third-order valence-corrected chi connectivity index (χ3v) is 4.57. The fourth-order valence-corrected chi connectivity index (χ4v) is 3.34. The van der Waals surface area contributed by atoms with Crippen molar-refractivity contribution in [1.82, 2.24) is 24.8 Å². The molecule has 1 N–H and O–H groups in total. The number of hydrogen-bond acceptors (Lipinski definition) is 4. The molecule has 1 saturated heterocycles. The minimum atomic E-state index is -0.0663. The number of carbonyl (C=O) groups excluding carboxylic acids is 1. The zero-order chi connectivity index (χ0) is 16.5. The van der Waals surface area contributed by atoms with Crippen LogP contribution in [0.25, 0.3) is 10.8 Å². The van der Waals surface area contributed by atoms with Gasteiger partial charge in [0.25, 0.3) is 5.91 Å². The summed E-state index contributed by atoms with van der Waals surface area (Å²) in [4.78, 5) is 23.8. The predicted molar refractivity (Wildman–Crippen MR) is 106 cm³/mol. The number of aromatic nitrogens is 3. The van der Waals surface area contributed by atoms with Crippen molar-refractivity contribution < 1.29 is 4.79 Å². The standard InChI is InChI=1S/C18H19N5O.2ClH/c1-22-9-8-21-17(22)16-12-20-7-10-23(16)18(24)15-4-2-3-13-11-19-6-5-14(13)15;;/h2-6,8-9,11,16,20H,7,10,12H2,1H3;2*1H. The molecular formula is C18H21Cl2N5O. The monoisotopic (exact) mass is 393 g/mol. The molecule has 0 bridgehead atoms. The Balaban J connectivity index is 0.00000121. The van der Waals surface area contributed by atoms with Crippen molar-refractivity contribution in [3.05, 3.63) is 60.4 Å². The Kier molecular flexibility index (Phi) is 6.58. The van der Waals surface area contributed by atoms with Gasteiger partial charge in [-0.15, -0.1) is 24.8 Å². The zero-order valence-corrected chi connectivity index (χ0v) is 16.0. The number of rotatable bonds is 2. The SMILES string of the molecule is Cl.Cl.Cn1ccnc1C1CNCCN1C(=O)c1cccc2cnccc12. The summed E-state index contributed by atoms with van der Waals surface area (Å²) < 4.78 is 1.98. The molecule has 2 aromatic heterocycles. The first-order valence-corrected chi connectivity index (χ1v) is 8.07. The van der Waals surface area contributed by atoms with Gasteiger partial charge in [-0.3, -0.25) is 9.78 Å². The lowest BCUT2D eigenvalue weighted by atomic mass is 10.0. The Labute approximate surface area is 164 Å². The number of imidazole rings is 1. The Morgan fingerprint density at radius 1 is 1.23 bits per heavy atom. The van der Waals surface area contributed by atoms with E-state index in [0.717, 1.165) is 28.7 Å². The average Bonchev–Trinajstić information content (AvgIpc) is 3.06. The second-order valence-corrected chi connectivity index (χ2v) is 6.02. The third-order valence-electron chi connectivity index (χ3n) is 4.57. The normalized spacial score (nSPS) is 16.7. The number of fused-ring (bicyclic) bond motifs is 1. The van der Waals surface area contributed by atoms with Crippen LogP contribution in [-0.4, -0.2) is 45.0 Å². The molecule has 0 spiro atoms. The van der Waals surface area contributed by atoms with E-state index < -0.39 is 0 Å². The average molecular weight is 394 g/mol. The van der Waals surface area contributed by atoms with Crippen LogP contribution in [0.5, 0.6) is 0 Å². The van der Waals surface area contributed by atoms with E-state index in [4.69, 9.17) is 0 Å². The van der Waals surface area contributed by atoms with Crippen LogP contribution in [0.3, 0.4) is 0 Å². The van der Waals surface area contributed by atoms with Gasteiger partial charge < -0.3 is 14.8 Å². The van der Waals surface area contributed by atoms with Crippen LogP contribution < -0.4 is 5.32 Å². The van der Waals surface area contributed by atoms with Gasteiger partial charge in [0, 0.05) is 62.4 Å². The first-order valence-electron chi connectivity index (χ1n) is 8.07. The van der Waals surface area contributed by atoms with E-state index >= 15 is 0 Å². The summed E-state index contributed by atoms with van der Waals surface area (Å²) >= 11 is 0. The molecule has 1 fully saturated rings. The van der Waals surface area contributed by atoms with Gasteiger partial charge in [0.1, 0.15) is 11.9 Å². The van der Waals surface area contributed by atoms with Crippen LogP contribution in [0.1, 0.15) is 22.2 Å². The largest absolute Gasteiger partial charge is 0.336 e. The predicted octanol–water partition coefficient (Wildman–Crippen LogP) is 2.60. The number of halogens is 2. The van der Waals surface area contributed by atoms with E-state index in [0.29, 0.717) is 13.1 Å².